The second-order valence-corrected chi connectivity index (χ2v) is 7.69. The second kappa shape index (κ2) is 8.70. The third-order valence-corrected chi connectivity index (χ3v) is 6.20. The van der Waals surface area contributed by atoms with E-state index >= 15 is 0 Å². The molecule has 1 atom stereocenters. The van der Waals surface area contributed by atoms with Gasteiger partial charge in [-0.15, -0.1) is 0 Å². The first-order chi connectivity index (χ1) is 13.1. The van der Waals surface area contributed by atoms with Gasteiger partial charge >= 0.3 is 0 Å². The van der Waals surface area contributed by atoms with Crippen molar-refractivity contribution in [3.63, 3.8) is 0 Å². The number of carbonyl (C=O) groups excluding carboxylic acids is 2. The summed E-state index contributed by atoms with van der Waals surface area (Å²) in [5.41, 5.74) is 0.450. The smallest absolute Gasteiger partial charge is 0.245 e. The standard InChI is InChI=1S/C22H30N2O3/c1-3-20(25)24-13-11-22(12-14-24,19-7-5-4-6-8-19)21(26)23-17(2)18-9-15-27-16-10-18/h3-8,17-18H,1,9-16H2,2H3,(H,23,26). The fourth-order valence-corrected chi connectivity index (χ4v) is 4.32. The molecule has 1 aromatic rings. The maximum absolute atomic E-state index is 13.5. The third-order valence-electron chi connectivity index (χ3n) is 6.20. The monoisotopic (exact) mass is 370 g/mol. The molecule has 3 rings (SSSR count). The predicted molar refractivity (Wildman–Crippen MR) is 105 cm³/mol. The molecule has 0 aliphatic carbocycles. The van der Waals surface area contributed by atoms with Crippen molar-refractivity contribution in [1.29, 1.82) is 0 Å². The largest absolute Gasteiger partial charge is 0.381 e. The van der Waals surface area contributed by atoms with Crippen LogP contribution in [-0.2, 0) is 19.7 Å². The number of carbonyl (C=O) groups is 2. The first kappa shape index (κ1) is 19.6. The fraction of sp³-hybridized carbons (Fsp3) is 0.545. The van der Waals surface area contributed by atoms with E-state index in [2.05, 4.69) is 18.8 Å². The topological polar surface area (TPSA) is 58.6 Å². The Bertz CT molecular complexity index is 659. The molecule has 2 aliphatic rings. The van der Waals surface area contributed by atoms with Gasteiger partial charge in [0.05, 0.1) is 5.41 Å². The van der Waals surface area contributed by atoms with Crippen LogP contribution in [0.1, 0.15) is 38.2 Å². The Balaban J connectivity index is 1.77. The van der Waals surface area contributed by atoms with Crippen molar-refractivity contribution in [3.8, 4) is 0 Å². The van der Waals surface area contributed by atoms with Crippen LogP contribution in [0.4, 0.5) is 0 Å². The summed E-state index contributed by atoms with van der Waals surface area (Å²) >= 11 is 0. The summed E-state index contributed by atoms with van der Waals surface area (Å²) in [6.07, 6.45) is 4.58. The number of ether oxygens (including phenoxy) is 1. The number of hydrogen-bond donors (Lipinski definition) is 1. The van der Waals surface area contributed by atoms with Crippen LogP contribution >= 0.6 is 0 Å². The Hall–Kier alpha value is -2.14. The van der Waals surface area contributed by atoms with Gasteiger partial charge in [0.15, 0.2) is 0 Å². The Labute approximate surface area is 161 Å². The predicted octanol–water partition coefficient (Wildman–Crippen LogP) is 2.66. The van der Waals surface area contributed by atoms with Gasteiger partial charge < -0.3 is 15.0 Å². The number of benzene rings is 1. The van der Waals surface area contributed by atoms with Crippen LogP contribution in [0.2, 0.25) is 0 Å². The molecule has 146 valence electrons. The van der Waals surface area contributed by atoms with Crippen molar-refractivity contribution >= 4 is 11.8 Å². The number of rotatable bonds is 5. The number of amides is 2. The zero-order valence-electron chi connectivity index (χ0n) is 16.2. The van der Waals surface area contributed by atoms with E-state index in [0.29, 0.717) is 31.8 Å². The van der Waals surface area contributed by atoms with E-state index in [0.717, 1.165) is 31.6 Å². The second-order valence-electron chi connectivity index (χ2n) is 7.69. The quantitative estimate of drug-likeness (QED) is 0.811. The molecule has 0 saturated carbocycles. The summed E-state index contributed by atoms with van der Waals surface area (Å²) < 4.78 is 5.45. The zero-order valence-corrected chi connectivity index (χ0v) is 16.2. The Morgan fingerprint density at radius 1 is 1.22 bits per heavy atom. The van der Waals surface area contributed by atoms with Gasteiger partial charge in [0.25, 0.3) is 0 Å². The molecule has 1 unspecified atom stereocenters. The summed E-state index contributed by atoms with van der Waals surface area (Å²) in [5, 5.41) is 3.30. The van der Waals surface area contributed by atoms with Crippen LogP contribution in [0.15, 0.2) is 43.0 Å². The molecule has 2 saturated heterocycles. The van der Waals surface area contributed by atoms with Crippen LogP contribution in [-0.4, -0.2) is 49.1 Å². The molecule has 2 fully saturated rings. The third kappa shape index (κ3) is 4.24. The molecule has 0 aromatic heterocycles. The van der Waals surface area contributed by atoms with Gasteiger partial charge in [-0.1, -0.05) is 36.9 Å². The number of nitrogens with one attached hydrogen (secondary N) is 1. The SMILES string of the molecule is C=CC(=O)N1CCC(C(=O)NC(C)C2CCOCC2)(c2ccccc2)CC1. The van der Waals surface area contributed by atoms with Crippen molar-refractivity contribution in [3.05, 3.63) is 48.6 Å². The van der Waals surface area contributed by atoms with Gasteiger partial charge in [-0.05, 0) is 50.2 Å². The molecule has 1 aromatic carbocycles. The molecule has 0 radical (unpaired) electrons. The maximum Gasteiger partial charge on any atom is 0.245 e. The number of likely N-dealkylation sites (tertiary alicyclic amines) is 1. The van der Waals surface area contributed by atoms with Crippen molar-refractivity contribution in [2.75, 3.05) is 26.3 Å². The van der Waals surface area contributed by atoms with Crippen molar-refractivity contribution in [2.45, 2.75) is 44.1 Å². The van der Waals surface area contributed by atoms with Gasteiger partial charge in [0.1, 0.15) is 0 Å². The molecule has 5 nitrogen and oxygen atoms in total. The van der Waals surface area contributed by atoms with Gasteiger partial charge in [-0.3, -0.25) is 9.59 Å². The van der Waals surface area contributed by atoms with Gasteiger partial charge in [0, 0.05) is 32.3 Å². The van der Waals surface area contributed by atoms with E-state index < -0.39 is 5.41 Å². The number of piperidine rings is 1. The van der Waals surface area contributed by atoms with Gasteiger partial charge in [-0.25, -0.2) is 0 Å². The summed E-state index contributed by atoms with van der Waals surface area (Å²) in [6.45, 7) is 8.35. The highest BCUT2D eigenvalue weighted by Crippen LogP contribution is 2.36. The average Bonchev–Trinajstić information content (AvgIpc) is 2.74. The molecular formula is C22H30N2O3. The first-order valence-corrected chi connectivity index (χ1v) is 9.92. The molecule has 2 amide bonds. The maximum atomic E-state index is 13.5. The molecule has 2 aliphatic heterocycles. The van der Waals surface area contributed by atoms with Gasteiger partial charge in [-0.2, -0.15) is 0 Å². The first-order valence-electron chi connectivity index (χ1n) is 9.92. The lowest BCUT2D eigenvalue weighted by Gasteiger charge is -2.42. The lowest BCUT2D eigenvalue weighted by atomic mass is 9.71. The lowest BCUT2D eigenvalue weighted by molar-refractivity contribution is -0.134. The van der Waals surface area contributed by atoms with E-state index in [1.807, 2.05) is 30.3 Å². The fourth-order valence-electron chi connectivity index (χ4n) is 4.32. The minimum Gasteiger partial charge on any atom is -0.381 e. The van der Waals surface area contributed by atoms with Gasteiger partial charge in [0.2, 0.25) is 11.8 Å². The normalized spacial score (nSPS) is 21.3. The van der Waals surface area contributed by atoms with Crippen molar-refractivity contribution < 1.29 is 14.3 Å². The Kier molecular flexibility index (Phi) is 6.32. The number of hydrogen-bond acceptors (Lipinski definition) is 3. The number of nitrogens with zero attached hydrogens (tertiary/aromatic N) is 1. The Morgan fingerprint density at radius 2 is 1.85 bits per heavy atom. The average molecular weight is 370 g/mol. The molecule has 0 spiro atoms. The van der Waals surface area contributed by atoms with E-state index in [9.17, 15) is 9.59 Å². The van der Waals surface area contributed by atoms with Crippen LogP contribution < -0.4 is 5.32 Å². The van der Waals surface area contributed by atoms with E-state index in [1.165, 1.54) is 6.08 Å². The minimum absolute atomic E-state index is 0.0624. The Morgan fingerprint density at radius 3 is 2.44 bits per heavy atom. The van der Waals surface area contributed by atoms with E-state index in [1.54, 1.807) is 4.90 Å². The molecular weight excluding hydrogens is 340 g/mol. The summed E-state index contributed by atoms with van der Waals surface area (Å²) in [7, 11) is 0. The molecule has 1 N–H and O–H groups in total. The van der Waals surface area contributed by atoms with Crippen LogP contribution in [0.3, 0.4) is 0 Å². The van der Waals surface area contributed by atoms with Crippen LogP contribution in [0, 0.1) is 5.92 Å². The lowest BCUT2D eigenvalue weighted by Crippen LogP contribution is -2.55. The summed E-state index contributed by atoms with van der Waals surface area (Å²) in [4.78, 5) is 27.2. The van der Waals surface area contributed by atoms with Crippen molar-refractivity contribution in [2.24, 2.45) is 5.92 Å². The molecule has 0 bridgehead atoms. The highest BCUT2D eigenvalue weighted by atomic mass is 16.5. The molecule has 5 heteroatoms. The molecule has 2 heterocycles. The van der Waals surface area contributed by atoms with E-state index in [-0.39, 0.29) is 17.9 Å². The summed E-state index contributed by atoms with van der Waals surface area (Å²) in [6, 6.07) is 10.1. The van der Waals surface area contributed by atoms with Crippen molar-refractivity contribution in [1.82, 2.24) is 10.2 Å². The zero-order chi connectivity index (χ0) is 19.3. The van der Waals surface area contributed by atoms with Crippen LogP contribution in [0.5, 0.6) is 0 Å². The van der Waals surface area contributed by atoms with E-state index in [4.69, 9.17) is 4.74 Å². The highest BCUT2D eigenvalue weighted by molar-refractivity contribution is 5.90. The van der Waals surface area contributed by atoms with Crippen LogP contribution in [0.25, 0.3) is 0 Å². The highest BCUT2D eigenvalue weighted by Gasteiger charge is 2.44. The minimum atomic E-state index is -0.585. The summed E-state index contributed by atoms with van der Waals surface area (Å²) in [5.74, 6) is 0.476. The molecule has 27 heavy (non-hydrogen) atoms.